The molecule has 2 N–H and O–H groups in total. The van der Waals surface area contributed by atoms with Gasteiger partial charge in [0.2, 0.25) is 0 Å². The van der Waals surface area contributed by atoms with Gasteiger partial charge in [-0.1, -0.05) is 41.5 Å². The van der Waals surface area contributed by atoms with Crippen molar-refractivity contribution in [2.24, 2.45) is 10.8 Å². The van der Waals surface area contributed by atoms with Gasteiger partial charge in [0.15, 0.2) is 0 Å². The van der Waals surface area contributed by atoms with Gasteiger partial charge in [-0.25, -0.2) is 4.79 Å². The zero-order valence-electron chi connectivity index (χ0n) is 10.3. The molecule has 0 spiro atoms. The molecule has 0 unspecified atom stereocenters. The van der Waals surface area contributed by atoms with Gasteiger partial charge in [-0.15, -0.1) is 0 Å². The van der Waals surface area contributed by atoms with Crippen molar-refractivity contribution in [1.29, 1.82) is 0 Å². The Labute approximate surface area is 87.6 Å². The molecule has 3 nitrogen and oxygen atoms in total. The molecule has 0 aromatic carbocycles. The van der Waals surface area contributed by atoms with E-state index in [9.17, 15) is 4.79 Å². The third-order valence-electron chi connectivity index (χ3n) is 1.56. The van der Waals surface area contributed by atoms with E-state index < -0.39 is 0 Å². The quantitative estimate of drug-likeness (QED) is 0.706. The number of nitrogens with one attached hydrogen (secondary N) is 2. The predicted molar refractivity (Wildman–Crippen MR) is 60.3 cm³/mol. The second-order valence-electron chi connectivity index (χ2n) is 6.16. The monoisotopic (exact) mass is 200 g/mol. The van der Waals surface area contributed by atoms with Gasteiger partial charge < -0.3 is 10.6 Å². The molecular formula is C11H24N2O. The van der Waals surface area contributed by atoms with Crippen LogP contribution >= 0.6 is 0 Å². The number of urea groups is 1. The lowest BCUT2D eigenvalue weighted by Gasteiger charge is -2.22. The van der Waals surface area contributed by atoms with Crippen molar-refractivity contribution in [3.8, 4) is 0 Å². The van der Waals surface area contributed by atoms with E-state index in [2.05, 4.69) is 52.2 Å². The zero-order chi connectivity index (χ0) is 11.4. The average molecular weight is 200 g/mol. The summed E-state index contributed by atoms with van der Waals surface area (Å²) in [6, 6.07) is -0.0742. The van der Waals surface area contributed by atoms with Crippen molar-refractivity contribution in [3.63, 3.8) is 0 Å². The van der Waals surface area contributed by atoms with E-state index in [0.717, 1.165) is 0 Å². The highest BCUT2D eigenvalue weighted by atomic mass is 16.2. The van der Waals surface area contributed by atoms with Crippen LogP contribution in [0.3, 0.4) is 0 Å². The molecule has 0 saturated heterocycles. The predicted octanol–water partition coefficient (Wildman–Crippen LogP) is 2.38. The summed E-state index contributed by atoms with van der Waals surface area (Å²) in [4.78, 5) is 11.3. The number of amides is 2. The molecule has 3 heteroatoms. The van der Waals surface area contributed by atoms with Crippen LogP contribution in [-0.2, 0) is 0 Å². The van der Waals surface area contributed by atoms with E-state index in [-0.39, 0.29) is 16.9 Å². The van der Waals surface area contributed by atoms with Gasteiger partial charge in [-0.2, -0.15) is 0 Å². The van der Waals surface area contributed by atoms with Crippen molar-refractivity contribution in [2.45, 2.75) is 41.5 Å². The lowest BCUT2D eigenvalue weighted by Crippen LogP contribution is -2.42. The van der Waals surface area contributed by atoms with E-state index >= 15 is 0 Å². The summed E-state index contributed by atoms with van der Waals surface area (Å²) >= 11 is 0. The molecule has 0 bridgehead atoms. The molecule has 0 aliphatic heterocycles. The first kappa shape index (κ1) is 13.3. The van der Waals surface area contributed by atoms with Crippen LogP contribution in [0.4, 0.5) is 4.79 Å². The van der Waals surface area contributed by atoms with E-state index in [4.69, 9.17) is 0 Å². The minimum Gasteiger partial charge on any atom is -0.338 e. The number of carbonyl (C=O) groups is 1. The molecule has 0 aliphatic carbocycles. The summed E-state index contributed by atoms with van der Waals surface area (Å²) in [7, 11) is 0. The Morgan fingerprint density at radius 1 is 0.857 bits per heavy atom. The van der Waals surface area contributed by atoms with Crippen LogP contribution in [0.2, 0.25) is 0 Å². The van der Waals surface area contributed by atoms with Crippen LogP contribution < -0.4 is 10.6 Å². The van der Waals surface area contributed by atoms with Crippen molar-refractivity contribution < 1.29 is 4.79 Å². The second-order valence-corrected chi connectivity index (χ2v) is 6.16. The highest BCUT2D eigenvalue weighted by Crippen LogP contribution is 2.11. The van der Waals surface area contributed by atoms with Crippen LogP contribution in [-0.4, -0.2) is 19.1 Å². The molecule has 84 valence electrons. The Bertz CT molecular complexity index is 166. The van der Waals surface area contributed by atoms with Crippen LogP contribution in [0, 0.1) is 10.8 Å². The summed E-state index contributed by atoms with van der Waals surface area (Å²) in [5.41, 5.74) is 0.276. The minimum absolute atomic E-state index is 0.0742. The van der Waals surface area contributed by atoms with Crippen LogP contribution in [0.5, 0.6) is 0 Å². The standard InChI is InChI=1S/C11H24N2O/c1-10(2,3)7-12-9(14)13-8-11(4,5)6/h7-8H2,1-6H3,(H2,12,13,14). The van der Waals surface area contributed by atoms with E-state index in [1.807, 2.05) is 0 Å². The van der Waals surface area contributed by atoms with Gasteiger partial charge >= 0.3 is 6.03 Å². The molecule has 0 aliphatic rings. The summed E-state index contributed by atoms with van der Waals surface area (Å²) in [6.45, 7) is 14.0. The lowest BCUT2D eigenvalue weighted by atomic mass is 9.97. The van der Waals surface area contributed by atoms with Crippen molar-refractivity contribution in [1.82, 2.24) is 10.6 Å². The second kappa shape index (κ2) is 4.67. The van der Waals surface area contributed by atoms with Gasteiger partial charge in [0, 0.05) is 13.1 Å². The Morgan fingerprint density at radius 2 is 1.14 bits per heavy atom. The third-order valence-corrected chi connectivity index (χ3v) is 1.56. The molecule has 0 saturated carbocycles. The first-order valence-corrected chi connectivity index (χ1v) is 5.12. The maximum Gasteiger partial charge on any atom is 0.314 e. The molecule has 14 heavy (non-hydrogen) atoms. The van der Waals surface area contributed by atoms with E-state index in [1.165, 1.54) is 0 Å². The summed E-state index contributed by atoms with van der Waals surface area (Å²) < 4.78 is 0. The van der Waals surface area contributed by atoms with Gasteiger partial charge in [0.1, 0.15) is 0 Å². The molecular weight excluding hydrogens is 176 g/mol. The molecule has 0 rings (SSSR count). The molecule has 0 fully saturated rings. The highest BCUT2D eigenvalue weighted by Gasteiger charge is 2.14. The van der Waals surface area contributed by atoms with Crippen molar-refractivity contribution >= 4 is 6.03 Å². The third kappa shape index (κ3) is 9.36. The Morgan fingerprint density at radius 3 is 1.36 bits per heavy atom. The van der Waals surface area contributed by atoms with Gasteiger partial charge in [0.05, 0.1) is 0 Å². The summed E-state index contributed by atoms with van der Waals surface area (Å²) in [5, 5.41) is 5.69. The lowest BCUT2D eigenvalue weighted by molar-refractivity contribution is 0.230. The molecule has 2 amide bonds. The topological polar surface area (TPSA) is 41.1 Å². The molecule has 0 atom stereocenters. The number of carbonyl (C=O) groups excluding carboxylic acids is 1. The Kier molecular flexibility index (Phi) is 4.43. The minimum atomic E-state index is -0.0742. The van der Waals surface area contributed by atoms with Gasteiger partial charge in [-0.05, 0) is 10.8 Å². The molecule has 0 radical (unpaired) electrons. The highest BCUT2D eigenvalue weighted by molar-refractivity contribution is 5.73. The fraction of sp³-hybridized carbons (Fsp3) is 0.909. The zero-order valence-corrected chi connectivity index (χ0v) is 10.3. The fourth-order valence-electron chi connectivity index (χ4n) is 0.753. The van der Waals surface area contributed by atoms with Crippen LogP contribution in [0.1, 0.15) is 41.5 Å². The SMILES string of the molecule is CC(C)(C)CNC(=O)NCC(C)(C)C. The van der Waals surface area contributed by atoms with Crippen molar-refractivity contribution in [3.05, 3.63) is 0 Å². The molecule has 0 aromatic rings. The molecule has 0 aromatic heterocycles. The Balaban J connectivity index is 3.68. The maximum absolute atomic E-state index is 11.3. The number of hydrogen-bond acceptors (Lipinski definition) is 1. The summed E-state index contributed by atoms with van der Waals surface area (Å²) in [6.07, 6.45) is 0. The fourth-order valence-corrected chi connectivity index (χ4v) is 0.753. The average Bonchev–Trinajstić information content (AvgIpc) is 1.94. The van der Waals surface area contributed by atoms with Crippen LogP contribution in [0.15, 0.2) is 0 Å². The normalized spacial score (nSPS) is 12.4. The molecule has 0 heterocycles. The van der Waals surface area contributed by atoms with Gasteiger partial charge in [0.25, 0.3) is 0 Å². The first-order valence-electron chi connectivity index (χ1n) is 5.12. The largest absolute Gasteiger partial charge is 0.338 e. The van der Waals surface area contributed by atoms with E-state index in [0.29, 0.717) is 13.1 Å². The smallest absolute Gasteiger partial charge is 0.314 e. The van der Waals surface area contributed by atoms with Crippen LogP contribution in [0.25, 0.3) is 0 Å². The summed E-state index contributed by atoms with van der Waals surface area (Å²) in [5.74, 6) is 0. The Hall–Kier alpha value is -0.730. The number of hydrogen-bond donors (Lipinski definition) is 2. The van der Waals surface area contributed by atoms with E-state index in [1.54, 1.807) is 0 Å². The first-order chi connectivity index (χ1) is 6.10. The van der Waals surface area contributed by atoms with Gasteiger partial charge in [-0.3, -0.25) is 0 Å². The number of rotatable bonds is 2. The van der Waals surface area contributed by atoms with Crippen molar-refractivity contribution in [2.75, 3.05) is 13.1 Å². The maximum atomic E-state index is 11.3.